The van der Waals surface area contributed by atoms with Gasteiger partial charge in [-0.15, -0.1) is 0 Å². The number of carbonyl (C=O) groups is 2. The lowest BCUT2D eigenvalue weighted by molar-refractivity contribution is -0.385. The van der Waals surface area contributed by atoms with E-state index in [1.165, 1.54) is 30.2 Å². The summed E-state index contributed by atoms with van der Waals surface area (Å²) in [6.07, 6.45) is 0.983. The third kappa shape index (κ3) is 8.34. The maximum absolute atomic E-state index is 13.7. The molecule has 2 unspecified atom stereocenters. The molecule has 0 saturated carbocycles. The van der Waals surface area contributed by atoms with Crippen LogP contribution in [-0.2, 0) is 22.6 Å². The zero-order valence-corrected chi connectivity index (χ0v) is 23.9. The molecule has 0 saturated heterocycles. The Morgan fingerprint density at radius 1 is 1.02 bits per heavy atom. The Morgan fingerprint density at radius 2 is 1.75 bits per heavy atom. The maximum Gasteiger partial charge on any atom is 0.311 e. The molecule has 212 valence electrons. The highest BCUT2D eigenvalue weighted by Crippen LogP contribution is 2.31. The van der Waals surface area contributed by atoms with Gasteiger partial charge in [-0.3, -0.25) is 19.7 Å². The second kappa shape index (κ2) is 14.5. The molecule has 0 aliphatic carbocycles. The van der Waals surface area contributed by atoms with Crippen LogP contribution < -0.4 is 14.8 Å². The van der Waals surface area contributed by atoms with Crippen LogP contribution in [-0.4, -0.2) is 47.4 Å². The summed E-state index contributed by atoms with van der Waals surface area (Å²) in [4.78, 5) is 39.4. The first-order valence-corrected chi connectivity index (χ1v) is 13.4. The molecule has 3 aromatic carbocycles. The summed E-state index contributed by atoms with van der Waals surface area (Å²) < 4.78 is 10.8. The van der Waals surface area contributed by atoms with E-state index in [-0.39, 0.29) is 42.1 Å². The summed E-state index contributed by atoms with van der Waals surface area (Å²) >= 11 is 12.3. The van der Waals surface area contributed by atoms with Crippen molar-refractivity contribution in [1.29, 1.82) is 0 Å². The fourth-order valence-corrected chi connectivity index (χ4v) is 4.28. The Hall–Kier alpha value is -3.82. The molecule has 0 radical (unpaired) electrons. The number of nitro benzene ring substituents is 1. The van der Waals surface area contributed by atoms with Crippen LogP contribution in [0, 0.1) is 10.1 Å². The van der Waals surface area contributed by atoms with Gasteiger partial charge in [-0.25, -0.2) is 0 Å². The predicted octanol–water partition coefficient (Wildman–Crippen LogP) is 5.84. The first-order valence-electron chi connectivity index (χ1n) is 12.7. The minimum absolute atomic E-state index is 0.00232. The van der Waals surface area contributed by atoms with Gasteiger partial charge in [-0.2, -0.15) is 0 Å². The minimum atomic E-state index is -0.867. The van der Waals surface area contributed by atoms with Crippen LogP contribution >= 0.6 is 23.2 Å². The molecule has 40 heavy (non-hydrogen) atoms. The van der Waals surface area contributed by atoms with Gasteiger partial charge in [0, 0.05) is 31.1 Å². The van der Waals surface area contributed by atoms with Crippen molar-refractivity contribution in [2.45, 2.75) is 45.3 Å². The van der Waals surface area contributed by atoms with Crippen LogP contribution in [0.15, 0.2) is 66.7 Å². The predicted molar refractivity (Wildman–Crippen MR) is 154 cm³/mol. The Bertz CT molecular complexity index is 1340. The van der Waals surface area contributed by atoms with Crippen molar-refractivity contribution < 1.29 is 24.0 Å². The molecule has 1 N–H and O–H groups in total. The standard InChI is InChI=1S/C29H31Cl2N3O6/c1-4-19(2)32-29(36)26(15-20-8-6-5-7-9-20)33(17-21-10-12-23(30)24(31)14-21)28(35)18-40-22-11-13-25(34(37)38)27(16-22)39-3/h5-14,16,19,26H,4,15,17-18H2,1-3H3,(H,32,36). The number of benzene rings is 3. The van der Waals surface area contributed by atoms with Gasteiger partial charge in [0.05, 0.1) is 22.1 Å². The fourth-order valence-electron chi connectivity index (χ4n) is 3.96. The number of carbonyl (C=O) groups excluding carboxylic acids is 2. The molecule has 2 atom stereocenters. The van der Waals surface area contributed by atoms with E-state index in [0.29, 0.717) is 15.6 Å². The Morgan fingerprint density at radius 3 is 2.38 bits per heavy atom. The quantitative estimate of drug-likeness (QED) is 0.198. The Labute approximate surface area is 243 Å². The van der Waals surface area contributed by atoms with E-state index >= 15 is 0 Å². The van der Waals surface area contributed by atoms with E-state index < -0.39 is 23.5 Å². The van der Waals surface area contributed by atoms with Gasteiger partial charge < -0.3 is 19.7 Å². The summed E-state index contributed by atoms with van der Waals surface area (Å²) in [6, 6.07) is 17.4. The van der Waals surface area contributed by atoms with Gasteiger partial charge >= 0.3 is 5.69 Å². The van der Waals surface area contributed by atoms with E-state index in [1.54, 1.807) is 18.2 Å². The molecule has 0 aromatic heterocycles. The normalized spacial score (nSPS) is 12.2. The van der Waals surface area contributed by atoms with Crippen molar-refractivity contribution >= 4 is 40.7 Å². The number of amides is 2. The van der Waals surface area contributed by atoms with Gasteiger partial charge in [0.15, 0.2) is 6.61 Å². The summed E-state index contributed by atoms with van der Waals surface area (Å²) in [5.41, 5.74) is 1.32. The second-order valence-corrected chi connectivity index (χ2v) is 9.99. The summed E-state index contributed by atoms with van der Waals surface area (Å²) in [6.45, 7) is 3.49. The lowest BCUT2D eigenvalue weighted by Gasteiger charge is -2.32. The molecular weight excluding hydrogens is 557 g/mol. The number of ether oxygens (including phenoxy) is 2. The van der Waals surface area contributed by atoms with Crippen molar-refractivity contribution in [3.63, 3.8) is 0 Å². The lowest BCUT2D eigenvalue weighted by atomic mass is 10.0. The number of methoxy groups -OCH3 is 1. The van der Waals surface area contributed by atoms with Crippen LogP contribution in [0.25, 0.3) is 0 Å². The first kappa shape index (κ1) is 30.7. The summed E-state index contributed by atoms with van der Waals surface area (Å²) in [5, 5.41) is 14.9. The Balaban J connectivity index is 1.94. The molecule has 9 nitrogen and oxygen atoms in total. The largest absolute Gasteiger partial charge is 0.490 e. The number of halogens is 2. The summed E-state index contributed by atoms with van der Waals surface area (Å²) in [5.74, 6) is -0.571. The third-order valence-electron chi connectivity index (χ3n) is 6.32. The zero-order valence-electron chi connectivity index (χ0n) is 22.4. The molecule has 11 heteroatoms. The van der Waals surface area contributed by atoms with Crippen molar-refractivity contribution in [2.24, 2.45) is 0 Å². The van der Waals surface area contributed by atoms with E-state index in [9.17, 15) is 19.7 Å². The van der Waals surface area contributed by atoms with E-state index in [4.69, 9.17) is 32.7 Å². The number of nitro groups is 1. The maximum atomic E-state index is 13.7. The number of rotatable bonds is 13. The highest BCUT2D eigenvalue weighted by atomic mass is 35.5. The number of nitrogens with zero attached hydrogens (tertiary/aromatic N) is 2. The zero-order chi connectivity index (χ0) is 29.2. The lowest BCUT2D eigenvalue weighted by Crippen LogP contribution is -2.53. The van der Waals surface area contributed by atoms with Gasteiger partial charge in [0.25, 0.3) is 5.91 Å². The van der Waals surface area contributed by atoms with Crippen LogP contribution in [0.5, 0.6) is 11.5 Å². The molecule has 3 rings (SSSR count). The number of nitrogens with one attached hydrogen (secondary N) is 1. The van der Waals surface area contributed by atoms with Crippen LogP contribution in [0.2, 0.25) is 10.0 Å². The molecule has 2 amide bonds. The van der Waals surface area contributed by atoms with E-state index in [2.05, 4.69) is 5.32 Å². The van der Waals surface area contributed by atoms with Crippen LogP contribution in [0.1, 0.15) is 31.4 Å². The topological polar surface area (TPSA) is 111 Å². The molecular formula is C29H31Cl2N3O6. The molecule has 0 bridgehead atoms. The van der Waals surface area contributed by atoms with Crippen molar-refractivity contribution in [3.05, 3.63) is 98.0 Å². The molecule has 0 aliphatic rings. The molecule has 3 aromatic rings. The van der Waals surface area contributed by atoms with Gasteiger partial charge in [0.2, 0.25) is 11.7 Å². The Kier molecular flexibility index (Phi) is 11.2. The highest BCUT2D eigenvalue weighted by Gasteiger charge is 2.31. The summed E-state index contributed by atoms with van der Waals surface area (Å²) in [7, 11) is 1.31. The first-order chi connectivity index (χ1) is 19.1. The number of hydrogen-bond donors (Lipinski definition) is 1. The van der Waals surface area contributed by atoms with Crippen LogP contribution in [0.3, 0.4) is 0 Å². The van der Waals surface area contributed by atoms with Gasteiger partial charge in [-0.1, -0.05) is 66.5 Å². The molecule has 0 spiro atoms. The van der Waals surface area contributed by atoms with Crippen molar-refractivity contribution in [3.8, 4) is 11.5 Å². The van der Waals surface area contributed by atoms with E-state index in [1.807, 2.05) is 44.2 Å². The second-order valence-electron chi connectivity index (χ2n) is 9.17. The van der Waals surface area contributed by atoms with Gasteiger partial charge in [0.1, 0.15) is 11.8 Å². The fraction of sp³-hybridized carbons (Fsp3) is 0.310. The number of hydrogen-bond acceptors (Lipinski definition) is 6. The average molecular weight is 588 g/mol. The van der Waals surface area contributed by atoms with Crippen molar-refractivity contribution in [1.82, 2.24) is 10.2 Å². The van der Waals surface area contributed by atoms with Crippen molar-refractivity contribution in [2.75, 3.05) is 13.7 Å². The molecule has 0 heterocycles. The monoisotopic (exact) mass is 587 g/mol. The molecule has 0 aliphatic heterocycles. The van der Waals surface area contributed by atoms with Crippen LogP contribution in [0.4, 0.5) is 5.69 Å². The minimum Gasteiger partial charge on any atom is -0.490 e. The third-order valence-corrected chi connectivity index (χ3v) is 7.06. The van der Waals surface area contributed by atoms with Gasteiger partial charge in [-0.05, 0) is 42.7 Å². The molecule has 0 fully saturated rings. The van der Waals surface area contributed by atoms with E-state index in [0.717, 1.165) is 12.0 Å². The smallest absolute Gasteiger partial charge is 0.311 e. The average Bonchev–Trinajstić information content (AvgIpc) is 2.95. The highest BCUT2D eigenvalue weighted by molar-refractivity contribution is 6.42. The SMILES string of the molecule is CCC(C)NC(=O)C(Cc1ccccc1)N(Cc1ccc(Cl)c(Cl)c1)C(=O)COc1ccc([N+](=O)[O-])c(OC)c1.